The van der Waals surface area contributed by atoms with Crippen molar-refractivity contribution in [2.75, 3.05) is 11.9 Å². The predicted octanol–water partition coefficient (Wildman–Crippen LogP) is 4.18. The van der Waals surface area contributed by atoms with Gasteiger partial charge in [0, 0.05) is 11.3 Å². The van der Waals surface area contributed by atoms with Gasteiger partial charge in [-0.25, -0.2) is 9.78 Å². The van der Waals surface area contributed by atoms with E-state index in [0.29, 0.717) is 27.9 Å². The molecular weight excluding hydrogens is 368 g/mol. The second-order valence-electron chi connectivity index (χ2n) is 6.51. The number of rotatable bonds is 5. The van der Waals surface area contributed by atoms with Crippen LogP contribution in [0.4, 0.5) is 5.69 Å². The maximum Gasteiger partial charge on any atom is 0.347 e. The zero-order chi connectivity index (χ0) is 20.2. The normalized spacial score (nSPS) is 10.7. The second-order valence-corrected chi connectivity index (χ2v) is 6.51. The second kappa shape index (κ2) is 7.98. The van der Waals surface area contributed by atoms with E-state index in [-0.39, 0.29) is 18.4 Å². The number of nitrogens with zero attached hydrogens (tertiary/aromatic N) is 1. The third kappa shape index (κ3) is 4.16. The molecule has 6 heteroatoms. The van der Waals surface area contributed by atoms with E-state index in [9.17, 15) is 9.59 Å². The Labute approximate surface area is 166 Å². The van der Waals surface area contributed by atoms with Crippen LogP contribution in [0.15, 0.2) is 82.0 Å². The molecule has 0 radical (unpaired) electrons. The SMILES string of the molecule is Cc1ccccc1OCC(=O)Nc1cccc(-c2nc3ccccc3c(=O)o2)c1. The van der Waals surface area contributed by atoms with Gasteiger partial charge in [-0.2, -0.15) is 0 Å². The summed E-state index contributed by atoms with van der Waals surface area (Å²) in [5.74, 6) is 0.567. The Balaban J connectivity index is 1.51. The lowest BCUT2D eigenvalue weighted by atomic mass is 10.2. The van der Waals surface area contributed by atoms with Gasteiger partial charge in [-0.15, -0.1) is 0 Å². The van der Waals surface area contributed by atoms with Gasteiger partial charge in [-0.3, -0.25) is 4.79 Å². The first-order chi connectivity index (χ1) is 14.1. The zero-order valence-corrected chi connectivity index (χ0v) is 15.7. The van der Waals surface area contributed by atoms with Gasteiger partial charge in [0.2, 0.25) is 5.89 Å². The molecule has 0 unspecified atom stereocenters. The molecule has 0 aliphatic rings. The molecule has 6 nitrogen and oxygen atoms in total. The molecule has 4 rings (SSSR count). The highest BCUT2D eigenvalue weighted by Gasteiger charge is 2.10. The first kappa shape index (κ1) is 18.4. The fourth-order valence-electron chi connectivity index (χ4n) is 2.93. The Morgan fingerprint density at radius 3 is 2.69 bits per heavy atom. The predicted molar refractivity (Wildman–Crippen MR) is 111 cm³/mol. The Bertz CT molecular complexity index is 1250. The van der Waals surface area contributed by atoms with Crippen molar-refractivity contribution in [1.29, 1.82) is 0 Å². The van der Waals surface area contributed by atoms with Crippen molar-refractivity contribution in [3.05, 3.63) is 88.8 Å². The number of nitrogens with one attached hydrogen (secondary N) is 1. The molecule has 0 bridgehead atoms. The molecule has 29 heavy (non-hydrogen) atoms. The zero-order valence-electron chi connectivity index (χ0n) is 15.7. The first-order valence-electron chi connectivity index (χ1n) is 9.09. The third-order valence-corrected chi connectivity index (χ3v) is 4.38. The number of aromatic nitrogens is 1. The standard InChI is InChI=1S/C23H18N2O4/c1-15-7-2-5-12-20(15)28-14-21(26)24-17-9-6-8-16(13-17)22-25-19-11-4-3-10-18(19)23(27)29-22/h2-13H,14H2,1H3,(H,24,26). The van der Waals surface area contributed by atoms with Crippen LogP contribution in [0.25, 0.3) is 22.4 Å². The van der Waals surface area contributed by atoms with Crippen LogP contribution in [0.1, 0.15) is 5.56 Å². The average molecular weight is 386 g/mol. The lowest BCUT2D eigenvalue weighted by Crippen LogP contribution is -2.20. The van der Waals surface area contributed by atoms with Gasteiger partial charge in [0.15, 0.2) is 6.61 Å². The lowest BCUT2D eigenvalue weighted by molar-refractivity contribution is -0.118. The largest absolute Gasteiger partial charge is 0.483 e. The van der Waals surface area contributed by atoms with Crippen LogP contribution in [0.5, 0.6) is 5.75 Å². The highest BCUT2D eigenvalue weighted by atomic mass is 16.5. The highest BCUT2D eigenvalue weighted by molar-refractivity contribution is 5.92. The molecule has 0 saturated carbocycles. The van der Waals surface area contributed by atoms with E-state index < -0.39 is 5.63 Å². The van der Waals surface area contributed by atoms with Gasteiger partial charge >= 0.3 is 5.63 Å². The van der Waals surface area contributed by atoms with Crippen molar-refractivity contribution < 1.29 is 13.9 Å². The van der Waals surface area contributed by atoms with Gasteiger partial charge in [-0.1, -0.05) is 36.4 Å². The maximum atomic E-state index is 12.2. The summed E-state index contributed by atoms with van der Waals surface area (Å²) in [4.78, 5) is 28.8. The van der Waals surface area contributed by atoms with E-state index in [4.69, 9.17) is 9.15 Å². The number of hydrogen-bond donors (Lipinski definition) is 1. The van der Waals surface area contributed by atoms with Gasteiger partial charge in [0.05, 0.1) is 10.9 Å². The fourth-order valence-corrected chi connectivity index (χ4v) is 2.93. The lowest BCUT2D eigenvalue weighted by Gasteiger charge is -2.10. The summed E-state index contributed by atoms with van der Waals surface area (Å²) in [7, 11) is 0. The molecule has 1 N–H and O–H groups in total. The van der Waals surface area contributed by atoms with Crippen molar-refractivity contribution >= 4 is 22.5 Å². The number of aryl methyl sites for hydroxylation is 1. The van der Waals surface area contributed by atoms with Crippen molar-refractivity contribution in [3.8, 4) is 17.2 Å². The van der Waals surface area contributed by atoms with Gasteiger partial charge < -0.3 is 14.5 Å². The van der Waals surface area contributed by atoms with Crippen LogP contribution < -0.4 is 15.7 Å². The molecule has 0 aliphatic heterocycles. The fraction of sp³-hybridized carbons (Fsp3) is 0.0870. The maximum absolute atomic E-state index is 12.2. The number of anilines is 1. The molecular formula is C23H18N2O4. The Morgan fingerprint density at radius 2 is 1.83 bits per heavy atom. The van der Waals surface area contributed by atoms with Crippen molar-refractivity contribution in [3.63, 3.8) is 0 Å². The first-order valence-corrected chi connectivity index (χ1v) is 9.09. The minimum Gasteiger partial charge on any atom is -0.483 e. The summed E-state index contributed by atoms with van der Waals surface area (Å²) in [6.45, 7) is 1.80. The Hall–Kier alpha value is -3.93. The number of ether oxygens (including phenoxy) is 1. The Kier molecular flexibility index (Phi) is 5.07. The average Bonchev–Trinajstić information content (AvgIpc) is 2.73. The van der Waals surface area contributed by atoms with Crippen LogP contribution in [0.3, 0.4) is 0 Å². The molecule has 1 aromatic heterocycles. The van der Waals surface area contributed by atoms with Crippen molar-refractivity contribution in [2.24, 2.45) is 0 Å². The number of carbonyl (C=O) groups is 1. The van der Waals surface area contributed by atoms with E-state index in [1.165, 1.54) is 0 Å². The van der Waals surface area contributed by atoms with Crippen LogP contribution >= 0.6 is 0 Å². The summed E-state index contributed by atoms with van der Waals surface area (Å²) in [5, 5.41) is 3.21. The summed E-state index contributed by atoms with van der Waals surface area (Å²) >= 11 is 0. The van der Waals surface area contributed by atoms with E-state index in [1.807, 2.05) is 37.3 Å². The highest BCUT2D eigenvalue weighted by Crippen LogP contribution is 2.22. The number of fused-ring (bicyclic) bond motifs is 1. The van der Waals surface area contributed by atoms with Gasteiger partial charge in [0.25, 0.3) is 5.91 Å². The molecule has 1 amide bonds. The van der Waals surface area contributed by atoms with Gasteiger partial charge in [-0.05, 0) is 48.9 Å². The quantitative estimate of drug-likeness (QED) is 0.556. The third-order valence-electron chi connectivity index (χ3n) is 4.38. The molecule has 4 aromatic rings. The number of hydrogen-bond acceptors (Lipinski definition) is 5. The molecule has 0 atom stereocenters. The van der Waals surface area contributed by atoms with Crippen LogP contribution in [0, 0.1) is 6.92 Å². The molecule has 0 fully saturated rings. The molecule has 144 valence electrons. The van der Waals surface area contributed by atoms with Crippen molar-refractivity contribution in [2.45, 2.75) is 6.92 Å². The summed E-state index contributed by atoms with van der Waals surface area (Å²) in [5.41, 5.74) is 2.20. The van der Waals surface area contributed by atoms with Crippen LogP contribution in [0.2, 0.25) is 0 Å². The molecule has 0 saturated heterocycles. The van der Waals surface area contributed by atoms with Crippen molar-refractivity contribution in [1.82, 2.24) is 4.98 Å². The van der Waals surface area contributed by atoms with Crippen LogP contribution in [-0.4, -0.2) is 17.5 Å². The monoisotopic (exact) mass is 386 g/mol. The summed E-state index contributed by atoms with van der Waals surface area (Å²) < 4.78 is 10.9. The summed E-state index contributed by atoms with van der Waals surface area (Å²) in [6.07, 6.45) is 0. The summed E-state index contributed by atoms with van der Waals surface area (Å²) in [6, 6.07) is 21.5. The number of carbonyl (C=O) groups excluding carboxylic acids is 1. The van der Waals surface area contributed by atoms with E-state index in [2.05, 4.69) is 10.3 Å². The number of amides is 1. The van der Waals surface area contributed by atoms with E-state index in [0.717, 1.165) is 5.56 Å². The molecule has 1 heterocycles. The topological polar surface area (TPSA) is 81.4 Å². The molecule has 0 aliphatic carbocycles. The van der Waals surface area contributed by atoms with E-state index >= 15 is 0 Å². The Morgan fingerprint density at radius 1 is 1.03 bits per heavy atom. The number of benzene rings is 3. The van der Waals surface area contributed by atoms with E-state index in [1.54, 1.807) is 42.5 Å². The minimum absolute atomic E-state index is 0.113. The van der Waals surface area contributed by atoms with Crippen LogP contribution in [-0.2, 0) is 4.79 Å². The smallest absolute Gasteiger partial charge is 0.347 e. The molecule has 0 spiro atoms. The van der Waals surface area contributed by atoms with Gasteiger partial charge in [0.1, 0.15) is 5.75 Å². The number of para-hydroxylation sites is 2. The molecule has 3 aromatic carbocycles. The minimum atomic E-state index is -0.452.